The lowest BCUT2D eigenvalue weighted by molar-refractivity contribution is 0.443. The van der Waals surface area contributed by atoms with Crippen molar-refractivity contribution in [2.24, 2.45) is 0 Å². The molecular weight excluding hydrogens is 328 g/mol. The number of benzene rings is 2. The summed E-state index contributed by atoms with van der Waals surface area (Å²) in [6.07, 6.45) is 15.6. The zero-order valence-electron chi connectivity index (χ0n) is 17.1. The van der Waals surface area contributed by atoms with E-state index in [1.807, 2.05) is 6.07 Å². The van der Waals surface area contributed by atoms with Gasteiger partial charge in [0.2, 0.25) is 0 Å². The topological polar surface area (TPSA) is 20.2 Å². The third-order valence-corrected chi connectivity index (χ3v) is 6.21. The molecule has 0 aromatic heterocycles. The molecule has 1 aliphatic carbocycles. The van der Waals surface area contributed by atoms with E-state index < -0.39 is 0 Å². The van der Waals surface area contributed by atoms with Crippen molar-refractivity contribution in [2.75, 3.05) is 0 Å². The fourth-order valence-corrected chi connectivity index (χ4v) is 4.43. The summed E-state index contributed by atoms with van der Waals surface area (Å²) < 4.78 is 0. The van der Waals surface area contributed by atoms with Crippen molar-refractivity contribution >= 4 is 0 Å². The summed E-state index contributed by atoms with van der Waals surface area (Å²) in [4.78, 5) is 0. The van der Waals surface area contributed by atoms with E-state index in [-0.39, 0.29) is 0 Å². The lowest BCUT2D eigenvalue weighted by Crippen LogP contribution is -2.04. The molecule has 1 heteroatoms. The molecule has 1 fully saturated rings. The van der Waals surface area contributed by atoms with Crippen molar-refractivity contribution in [3.8, 4) is 16.9 Å². The Morgan fingerprint density at radius 3 is 2.15 bits per heavy atom. The van der Waals surface area contributed by atoms with E-state index in [9.17, 15) is 5.11 Å². The number of hydrogen-bond acceptors (Lipinski definition) is 1. The van der Waals surface area contributed by atoms with Crippen molar-refractivity contribution in [1.29, 1.82) is 0 Å². The van der Waals surface area contributed by atoms with Gasteiger partial charge in [-0.3, -0.25) is 0 Å². The highest BCUT2D eigenvalue weighted by molar-refractivity contribution is 5.66. The summed E-state index contributed by atoms with van der Waals surface area (Å²) in [7, 11) is 0. The molecule has 1 saturated carbocycles. The second-order valence-electron chi connectivity index (χ2n) is 8.32. The molecular formula is C26H36O. The van der Waals surface area contributed by atoms with Crippen LogP contribution in [0, 0.1) is 0 Å². The zero-order chi connectivity index (χ0) is 18.9. The third kappa shape index (κ3) is 5.86. The van der Waals surface area contributed by atoms with Crippen LogP contribution in [-0.2, 0) is 6.42 Å². The van der Waals surface area contributed by atoms with Crippen LogP contribution in [-0.4, -0.2) is 5.11 Å². The minimum absolute atomic E-state index is 0.456. The minimum Gasteiger partial charge on any atom is -0.508 e. The monoisotopic (exact) mass is 364 g/mol. The molecule has 27 heavy (non-hydrogen) atoms. The van der Waals surface area contributed by atoms with Crippen molar-refractivity contribution in [3.05, 3.63) is 53.6 Å². The van der Waals surface area contributed by atoms with Crippen LogP contribution < -0.4 is 0 Å². The average Bonchev–Trinajstić information content (AvgIpc) is 2.72. The molecule has 2 aromatic rings. The Bertz CT molecular complexity index is 680. The highest BCUT2D eigenvalue weighted by Crippen LogP contribution is 2.34. The van der Waals surface area contributed by atoms with Crippen LogP contribution in [0.5, 0.6) is 5.75 Å². The first-order chi connectivity index (χ1) is 13.3. The molecule has 3 rings (SSSR count). The van der Waals surface area contributed by atoms with E-state index in [4.69, 9.17) is 0 Å². The molecule has 0 bridgehead atoms. The standard InChI is InChI=1S/C26H36O/c1-2-3-4-5-6-8-13-24-18-19-25(20-26(24)27)23-16-14-22(15-17-23)21-11-9-7-10-12-21/h14-21,27H,2-13H2,1H3. The quantitative estimate of drug-likeness (QED) is 0.447. The van der Waals surface area contributed by atoms with Crippen LogP contribution in [0.2, 0.25) is 0 Å². The summed E-state index contributed by atoms with van der Waals surface area (Å²) in [5.74, 6) is 1.21. The normalized spacial score (nSPS) is 15.1. The van der Waals surface area contributed by atoms with Gasteiger partial charge in [-0.05, 0) is 59.9 Å². The van der Waals surface area contributed by atoms with E-state index in [1.54, 1.807) is 0 Å². The summed E-state index contributed by atoms with van der Waals surface area (Å²) in [5, 5.41) is 10.5. The molecule has 0 radical (unpaired) electrons. The van der Waals surface area contributed by atoms with E-state index in [0.717, 1.165) is 23.5 Å². The van der Waals surface area contributed by atoms with Crippen LogP contribution in [0.15, 0.2) is 42.5 Å². The van der Waals surface area contributed by atoms with Gasteiger partial charge in [0, 0.05) is 0 Å². The van der Waals surface area contributed by atoms with Gasteiger partial charge >= 0.3 is 0 Å². The second-order valence-corrected chi connectivity index (χ2v) is 8.32. The smallest absolute Gasteiger partial charge is 0.119 e. The molecule has 0 saturated heterocycles. The zero-order valence-corrected chi connectivity index (χ0v) is 17.1. The predicted molar refractivity (Wildman–Crippen MR) is 116 cm³/mol. The number of aryl methyl sites for hydroxylation is 1. The van der Waals surface area contributed by atoms with Crippen molar-refractivity contribution in [1.82, 2.24) is 0 Å². The Morgan fingerprint density at radius 1 is 0.778 bits per heavy atom. The number of phenols is 1. The van der Waals surface area contributed by atoms with Crippen LogP contribution in [0.25, 0.3) is 11.1 Å². The number of unbranched alkanes of at least 4 members (excludes halogenated alkanes) is 5. The van der Waals surface area contributed by atoms with Gasteiger partial charge in [-0.15, -0.1) is 0 Å². The molecule has 0 heterocycles. The lowest BCUT2D eigenvalue weighted by atomic mass is 9.83. The molecule has 1 N–H and O–H groups in total. The second kappa shape index (κ2) is 10.5. The maximum Gasteiger partial charge on any atom is 0.119 e. The molecule has 146 valence electrons. The van der Waals surface area contributed by atoms with Gasteiger partial charge in [0.1, 0.15) is 5.75 Å². The highest BCUT2D eigenvalue weighted by atomic mass is 16.3. The Labute approximate surface area is 165 Å². The summed E-state index contributed by atoms with van der Waals surface area (Å²) >= 11 is 0. The van der Waals surface area contributed by atoms with E-state index in [0.29, 0.717) is 5.75 Å². The molecule has 0 amide bonds. The molecule has 1 aliphatic rings. The average molecular weight is 365 g/mol. The Balaban J connectivity index is 1.56. The molecule has 0 aliphatic heterocycles. The van der Waals surface area contributed by atoms with Crippen molar-refractivity contribution in [3.63, 3.8) is 0 Å². The van der Waals surface area contributed by atoms with Crippen LogP contribution in [0.3, 0.4) is 0 Å². The van der Waals surface area contributed by atoms with Gasteiger partial charge in [-0.1, -0.05) is 94.7 Å². The fourth-order valence-electron chi connectivity index (χ4n) is 4.43. The van der Waals surface area contributed by atoms with E-state index >= 15 is 0 Å². The number of hydrogen-bond donors (Lipinski definition) is 1. The lowest BCUT2D eigenvalue weighted by Gasteiger charge is -2.22. The SMILES string of the molecule is CCCCCCCCc1ccc(-c2ccc(C3CCCCC3)cc2)cc1O. The van der Waals surface area contributed by atoms with Crippen LogP contribution >= 0.6 is 0 Å². The third-order valence-electron chi connectivity index (χ3n) is 6.21. The Hall–Kier alpha value is -1.76. The van der Waals surface area contributed by atoms with Gasteiger partial charge in [-0.25, -0.2) is 0 Å². The predicted octanol–water partition coefficient (Wildman–Crippen LogP) is 8.01. The largest absolute Gasteiger partial charge is 0.508 e. The maximum atomic E-state index is 10.5. The molecule has 0 atom stereocenters. The molecule has 2 aromatic carbocycles. The minimum atomic E-state index is 0.456. The van der Waals surface area contributed by atoms with Gasteiger partial charge in [0.25, 0.3) is 0 Å². The van der Waals surface area contributed by atoms with E-state index in [2.05, 4.69) is 43.3 Å². The Kier molecular flexibility index (Phi) is 7.80. The van der Waals surface area contributed by atoms with Crippen LogP contribution in [0.4, 0.5) is 0 Å². The number of aromatic hydroxyl groups is 1. The highest BCUT2D eigenvalue weighted by Gasteiger charge is 2.15. The van der Waals surface area contributed by atoms with Crippen LogP contribution in [0.1, 0.15) is 94.6 Å². The number of rotatable bonds is 9. The first kappa shape index (κ1) is 20.0. The maximum absolute atomic E-state index is 10.5. The fraction of sp³-hybridized carbons (Fsp3) is 0.538. The van der Waals surface area contributed by atoms with Crippen molar-refractivity contribution in [2.45, 2.75) is 89.9 Å². The summed E-state index contributed by atoms with van der Waals surface area (Å²) in [5.41, 5.74) is 4.90. The first-order valence-electron chi connectivity index (χ1n) is 11.2. The summed E-state index contributed by atoms with van der Waals surface area (Å²) in [6, 6.07) is 15.3. The van der Waals surface area contributed by atoms with Gasteiger partial charge in [0.05, 0.1) is 0 Å². The van der Waals surface area contributed by atoms with E-state index in [1.165, 1.54) is 81.8 Å². The van der Waals surface area contributed by atoms with Gasteiger partial charge < -0.3 is 5.11 Å². The number of phenolic OH excluding ortho intramolecular Hbond substituents is 1. The summed E-state index contributed by atoms with van der Waals surface area (Å²) in [6.45, 7) is 2.25. The van der Waals surface area contributed by atoms with Crippen molar-refractivity contribution < 1.29 is 5.11 Å². The first-order valence-corrected chi connectivity index (χ1v) is 11.2. The molecule has 0 spiro atoms. The van der Waals surface area contributed by atoms with Gasteiger partial charge in [0.15, 0.2) is 0 Å². The molecule has 1 nitrogen and oxygen atoms in total. The Morgan fingerprint density at radius 2 is 1.44 bits per heavy atom. The van der Waals surface area contributed by atoms with Gasteiger partial charge in [-0.2, -0.15) is 0 Å². The molecule has 0 unspecified atom stereocenters.